The second-order valence-corrected chi connectivity index (χ2v) is 3.98. The molecule has 1 saturated heterocycles. The number of ether oxygens (including phenoxy) is 2. The molecule has 0 aromatic carbocycles. The van der Waals surface area contributed by atoms with Crippen molar-refractivity contribution in [3.05, 3.63) is 11.1 Å². The van der Waals surface area contributed by atoms with Crippen LogP contribution in [0.5, 0.6) is 0 Å². The summed E-state index contributed by atoms with van der Waals surface area (Å²) >= 11 is 1.41. The molecule has 1 aromatic rings. The van der Waals surface area contributed by atoms with Gasteiger partial charge in [-0.15, -0.1) is 5.10 Å². The second kappa shape index (κ2) is 5.35. The SMILES string of the molecule is c1nnsc1CNC1COCCOC1. The molecule has 0 aliphatic carbocycles. The van der Waals surface area contributed by atoms with Crippen LogP contribution in [0.1, 0.15) is 4.88 Å². The molecule has 1 aromatic heterocycles. The van der Waals surface area contributed by atoms with Crippen LogP contribution in [0, 0.1) is 0 Å². The van der Waals surface area contributed by atoms with E-state index in [1.807, 2.05) is 0 Å². The van der Waals surface area contributed by atoms with E-state index in [2.05, 4.69) is 14.9 Å². The maximum absolute atomic E-state index is 5.36. The van der Waals surface area contributed by atoms with Gasteiger partial charge in [-0.3, -0.25) is 0 Å². The molecule has 1 aliphatic heterocycles. The summed E-state index contributed by atoms with van der Waals surface area (Å²) in [6, 6.07) is 0.277. The van der Waals surface area contributed by atoms with Crippen LogP contribution in [0.15, 0.2) is 6.20 Å². The predicted molar refractivity (Wildman–Crippen MR) is 52.2 cm³/mol. The minimum atomic E-state index is 0.277. The van der Waals surface area contributed by atoms with Crippen molar-refractivity contribution in [2.75, 3.05) is 26.4 Å². The molecule has 1 N–H and O–H groups in total. The predicted octanol–water partition coefficient (Wildman–Crippen LogP) is 0.0431. The Bertz CT molecular complexity index is 247. The third-order valence-corrected chi connectivity index (χ3v) is 2.64. The number of hydrogen-bond acceptors (Lipinski definition) is 6. The monoisotopic (exact) mass is 215 g/mol. The first-order valence-corrected chi connectivity index (χ1v) is 5.37. The van der Waals surface area contributed by atoms with Gasteiger partial charge in [0.1, 0.15) is 0 Å². The van der Waals surface area contributed by atoms with Crippen LogP contribution in [0.3, 0.4) is 0 Å². The first-order valence-electron chi connectivity index (χ1n) is 4.60. The van der Waals surface area contributed by atoms with Gasteiger partial charge in [-0.25, -0.2) is 0 Å². The van der Waals surface area contributed by atoms with Crippen molar-refractivity contribution < 1.29 is 9.47 Å². The summed E-state index contributed by atoms with van der Waals surface area (Å²) in [5.41, 5.74) is 0. The van der Waals surface area contributed by atoms with Crippen LogP contribution in [0.2, 0.25) is 0 Å². The summed E-state index contributed by atoms with van der Waals surface area (Å²) in [7, 11) is 0. The average Bonchev–Trinajstić information content (AvgIpc) is 2.58. The number of nitrogens with one attached hydrogen (secondary N) is 1. The maximum atomic E-state index is 5.36. The highest BCUT2D eigenvalue weighted by Gasteiger charge is 2.12. The fourth-order valence-corrected chi connectivity index (χ4v) is 1.69. The third-order valence-electron chi connectivity index (χ3n) is 1.98. The van der Waals surface area contributed by atoms with E-state index in [0.29, 0.717) is 26.4 Å². The minimum Gasteiger partial charge on any atom is -0.377 e. The van der Waals surface area contributed by atoms with Crippen LogP contribution < -0.4 is 5.32 Å². The molecule has 0 bridgehead atoms. The summed E-state index contributed by atoms with van der Waals surface area (Å²) in [5.74, 6) is 0. The van der Waals surface area contributed by atoms with Crippen molar-refractivity contribution in [3.63, 3.8) is 0 Å². The molecule has 0 amide bonds. The minimum absolute atomic E-state index is 0.277. The van der Waals surface area contributed by atoms with Crippen molar-refractivity contribution in [2.45, 2.75) is 12.6 Å². The molecule has 0 unspecified atom stereocenters. The molecule has 0 radical (unpaired) electrons. The lowest BCUT2D eigenvalue weighted by atomic mass is 10.3. The Labute approximate surface area is 86.6 Å². The van der Waals surface area contributed by atoms with Gasteiger partial charge in [0.05, 0.1) is 43.5 Å². The summed E-state index contributed by atoms with van der Waals surface area (Å²) in [4.78, 5) is 1.13. The summed E-state index contributed by atoms with van der Waals surface area (Å²) in [5, 5.41) is 7.11. The molecule has 2 heterocycles. The number of hydrogen-bond donors (Lipinski definition) is 1. The Hall–Kier alpha value is -0.560. The zero-order valence-electron chi connectivity index (χ0n) is 7.81. The zero-order chi connectivity index (χ0) is 9.64. The molecule has 2 rings (SSSR count). The Balaban J connectivity index is 1.73. The van der Waals surface area contributed by atoms with Crippen LogP contribution in [0.25, 0.3) is 0 Å². The first-order chi connectivity index (χ1) is 6.95. The third kappa shape index (κ3) is 2.98. The van der Waals surface area contributed by atoms with Gasteiger partial charge in [-0.2, -0.15) is 0 Å². The van der Waals surface area contributed by atoms with E-state index < -0.39 is 0 Å². The molecule has 5 nitrogen and oxygen atoms in total. The molecule has 1 fully saturated rings. The lowest BCUT2D eigenvalue weighted by Gasteiger charge is -2.13. The van der Waals surface area contributed by atoms with Gasteiger partial charge >= 0.3 is 0 Å². The molecule has 6 heteroatoms. The summed E-state index contributed by atoms with van der Waals surface area (Å²) in [6.07, 6.45) is 1.77. The molecular formula is C8H13N3O2S. The van der Waals surface area contributed by atoms with Gasteiger partial charge in [0.2, 0.25) is 0 Å². The molecule has 0 spiro atoms. The highest BCUT2D eigenvalue weighted by molar-refractivity contribution is 7.05. The van der Waals surface area contributed by atoms with Gasteiger partial charge < -0.3 is 14.8 Å². The van der Waals surface area contributed by atoms with Crippen LogP contribution >= 0.6 is 11.5 Å². The zero-order valence-corrected chi connectivity index (χ0v) is 8.63. The van der Waals surface area contributed by atoms with Gasteiger partial charge in [-0.05, 0) is 11.5 Å². The Morgan fingerprint density at radius 3 is 2.86 bits per heavy atom. The molecular weight excluding hydrogens is 202 g/mol. The highest BCUT2D eigenvalue weighted by Crippen LogP contribution is 2.02. The van der Waals surface area contributed by atoms with Crippen molar-refractivity contribution in [3.8, 4) is 0 Å². The standard InChI is InChI=1S/C8H13N3O2S/c1-2-13-6-7(5-12-1)9-3-8-4-10-11-14-8/h4,7,9H,1-3,5-6H2. The lowest BCUT2D eigenvalue weighted by molar-refractivity contribution is 0.103. The topological polar surface area (TPSA) is 56.3 Å². The lowest BCUT2D eigenvalue weighted by Crippen LogP contribution is -2.35. The van der Waals surface area contributed by atoms with Gasteiger partial charge in [0.15, 0.2) is 0 Å². The number of aromatic nitrogens is 2. The fourth-order valence-electron chi connectivity index (χ4n) is 1.25. The van der Waals surface area contributed by atoms with E-state index >= 15 is 0 Å². The first kappa shape index (κ1) is 9.97. The second-order valence-electron chi connectivity index (χ2n) is 3.11. The van der Waals surface area contributed by atoms with E-state index in [4.69, 9.17) is 9.47 Å². The largest absolute Gasteiger partial charge is 0.377 e. The summed E-state index contributed by atoms with van der Waals surface area (Å²) in [6.45, 7) is 3.61. The van der Waals surface area contributed by atoms with E-state index in [1.165, 1.54) is 11.5 Å². The van der Waals surface area contributed by atoms with Crippen LogP contribution in [-0.2, 0) is 16.0 Å². The fraction of sp³-hybridized carbons (Fsp3) is 0.750. The quantitative estimate of drug-likeness (QED) is 0.771. The molecule has 0 atom stereocenters. The number of nitrogens with zero attached hydrogens (tertiary/aromatic N) is 2. The molecule has 1 aliphatic rings. The van der Waals surface area contributed by atoms with Crippen LogP contribution in [-0.4, -0.2) is 42.1 Å². The molecule has 78 valence electrons. The Kier molecular flexibility index (Phi) is 3.81. The van der Waals surface area contributed by atoms with Crippen molar-refractivity contribution in [2.24, 2.45) is 0 Å². The Morgan fingerprint density at radius 1 is 1.43 bits per heavy atom. The Morgan fingerprint density at radius 2 is 2.21 bits per heavy atom. The van der Waals surface area contributed by atoms with E-state index in [1.54, 1.807) is 6.20 Å². The normalized spacial score (nSPS) is 19.4. The number of rotatable bonds is 3. The summed E-state index contributed by atoms with van der Waals surface area (Å²) < 4.78 is 14.5. The van der Waals surface area contributed by atoms with Gasteiger partial charge in [-0.1, -0.05) is 4.49 Å². The van der Waals surface area contributed by atoms with E-state index in [9.17, 15) is 0 Å². The van der Waals surface area contributed by atoms with E-state index in [-0.39, 0.29) is 6.04 Å². The van der Waals surface area contributed by atoms with Gasteiger partial charge in [0.25, 0.3) is 0 Å². The van der Waals surface area contributed by atoms with Crippen molar-refractivity contribution in [1.82, 2.24) is 14.9 Å². The van der Waals surface area contributed by atoms with Gasteiger partial charge in [0, 0.05) is 6.54 Å². The van der Waals surface area contributed by atoms with Crippen molar-refractivity contribution in [1.29, 1.82) is 0 Å². The highest BCUT2D eigenvalue weighted by atomic mass is 32.1. The van der Waals surface area contributed by atoms with Crippen LogP contribution in [0.4, 0.5) is 0 Å². The van der Waals surface area contributed by atoms with E-state index in [0.717, 1.165) is 11.4 Å². The van der Waals surface area contributed by atoms with Crippen molar-refractivity contribution >= 4 is 11.5 Å². The average molecular weight is 215 g/mol. The smallest absolute Gasteiger partial charge is 0.0701 e. The maximum Gasteiger partial charge on any atom is 0.0701 e. The molecule has 14 heavy (non-hydrogen) atoms. The molecule has 0 saturated carbocycles.